The summed E-state index contributed by atoms with van der Waals surface area (Å²) in [6.45, 7) is 6.55. The second kappa shape index (κ2) is 3.02. The number of hydrogen-bond acceptors (Lipinski definition) is 0. The summed E-state index contributed by atoms with van der Waals surface area (Å²) in [5.41, 5.74) is 5.66. The lowest BCUT2D eigenvalue weighted by atomic mass is 9.79. The number of allylic oxidation sites excluding steroid dienone is 8. The summed E-state index contributed by atoms with van der Waals surface area (Å²) >= 11 is 0. The molecular formula is C13H15. The lowest BCUT2D eigenvalue weighted by Gasteiger charge is -2.25. The molecule has 0 heteroatoms. The van der Waals surface area contributed by atoms with Gasteiger partial charge in [0.1, 0.15) is 0 Å². The highest BCUT2D eigenvalue weighted by Gasteiger charge is 2.20. The van der Waals surface area contributed by atoms with E-state index in [1.165, 1.54) is 28.2 Å². The topological polar surface area (TPSA) is 0 Å². The highest BCUT2D eigenvalue weighted by molar-refractivity contribution is 5.58. The fourth-order valence-corrected chi connectivity index (χ4v) is 2.04. The lowest BCUT2D eigenvalue weighted by Crippen LogP contribution is -2.08. The van der Waals surface area contributed by atoms with E-state index in [9.17, 15) is 0 Å². The van der Waals surface area contributed by atoms with Crippen molar-refractivity contribution in [3.63, 3.8) is 0 Å². The van der Waals surface area contributed by atoms with Gasteiger partial charge in [-0.15, -0.1) is 0 Å². The van der Waals surface area contributed by atoms with Crippen LogP contribution < -0.4 is 0 Å². The number of rotatable bonds is 0. The Bertz CT molecular complexity index is 348. The van der Waals surface area contributed by atoms with Gasteiger partial charge in [0.05, 0.1) is 0 Å². The van der Waals surface area contributed by atoms with Gasteiger partial charge in [0.25, 0.3) is 0 Å². The molecule has 0 amide bonds. The number of hydrogen-bond donors (Lipinski definition) is 0. The van der Waals surface area contributed by atoms with E-state index in [2.05, 4.69) is 45.1 Å². The van der Waals surface area contributed by atoms with Gasteiger partial charge in [0, 0.05) is 5.92 Å². The standard InChI is InChI=1S/C13H15/c1-9-4-5-13-11(3)6-10(2)8-12(13)7-9/h4-6,8H,7H2,1-3H3. The van der Waals surface area contributed by atoms with Crippen LogP contribution in [0, 0.1) is 5.92 Å². The van der Waals surface area contributed by atoms with Gasteiger partial charge in [-0.1, -0.05) is 35.5 Å². The van der Waals surface area contributed by atoms with E-state index in [0.29, 0.717) is 0 Å². The van der Waals surface area contributed by atoms with E-state index in [-0.39, 0.29) is 0 Å². The number of fused-ring (bicyclic) bond motifs is 1. The summed E-state index contributed by atoms with van der Waals surface area (Å²) in [6.07, 6.45) is 10.1. The van der Waals surface area contributed by atoms with Crippen LogP contribution in [0.2, 0.25) is 0 Å². The molecule has 0 fully saturated rings. The maximum Gasteiger partial charge on any atom is 0.0312 e. The molecule has 0 bridgehead atoms. The van der Waals surface area contributed by atoms with Crippen LogP contribution in [0.3, 0.4) is 0 Å². The van der Waals surface area contributed by atoms with Gasteiger partial charge in [-0.3, -0.25) is 0 Å². The van der Waals surface area contributed by atoms with Gasteiger partial charge in [0.2, 0.25) is 0 Å². The van der Waals surface area contributed by atoms with Crippen molar-refractivity contribution < 1.29 is 0 Å². The SMILES string of the molecule is CC1=C[C]2CC(C)=CC=C2C(C)=C1. The minimum atomic E-state index is 1.12. The first kappa shape index (κ1) is 8.55. The van der Waals surface area contributed by atoms with Crippen molar-refractivity contribution in [2.45, 2.75) is 27.2 Å². The summed E-state index contributed by atoms with van der Waals surface area (Å²) < 4.78 is 0. The first-order valence-corrected chi connectivity index (χ1v) is 4.77. The van der Waals surface area contributed by atoms with E-state index < -0.39 is 0 Å². The fraction of sp³-hybridized carbons (Fsp3) is 0.308. The maximum atomic E-state index is 2.30. The third kappa shape index (κ3) is 1.53. The third-order valence-corrected chi connectivity index (χ3v) is 2.62. The molecule has 1 radical (unpaired) electrons. The molecule has 0 saturated heterocycles. The smallest absolute Gasteiger partial charge is 0.0312 e. The zero-order chi connectivity index (χ0) is 9.42. The Balaban J connectivity index is 2.41. The van der Waals surface area contributed by atoms with E-state index in [1.807, 2.05) is 0 Å². The molecular weight excluding hydrogens is 156 g/mol. The van der Waals surface area contributed by atoms with Crippen LogP contribution >= 0.6 is 0 Å². The van der Waals surface area contributed by atoms with Crippen molar-refractivity contribution in [1.82, 2.24) is 0 Å². The summed E-state index contributed by atoms with van der Waals surface area (Å²) in [5, 5.41) is 0. The summed E-state index contributed by atoms with van der Waals surface area (Å²) in [7, 11) is 0. The minimum absolute atomic E-state index is 1.12. The molecule has 0 heterocycles. The van der Waals surface area contributed by atoms with Crippen molar-refractivity contribution in [1.29, 1.82) is 0 Å². The molecule has 0 aromatic carbocycles. The molecule has 13 heavy (non-hydrogen) atoms. The molecule has 67 valence electrons. The summed E-state index contributed by atoms with van der Waals surface area (Å²) in [5.74, 6) is 1.48. The maximum absolute atomic E-state index is 2.30. The average molecular weight is 171 g/mol. The monoisotopic (exact) mass is 171 g/mol. The van der Waals surface area contributed by atoms with Gasteiger partial charge in [-0.25, -0.2) is 0 Å². The highest BCUT2D eigenvalue weighted by Crippen LogP contribution is 2.36. The predicted molar refractivity (Wildman–Crippen MR) is 57.2 cm³/mol. The molecule has 0 aromatic heterocycles. The summed E-state index contributed by atoms with van der Waals surface area (Å²) in [4.78, 5) is 0. The molecule has 0 unspecified atom stereocenters. The molecule has 0 spiro atoms. The van der Waals surface area contributed by atoms with Crippen molar-refractivity contribution in [3.8, 4) is 0 Å². The Morgan fingerprint density at radius 3 is 2.54 bits per heavy atom. The molecule has 0 atom stereocenters. The first-order valence-electron chi connectivity index (χ1n) is 4.77. The molecule has 0 aliphatic heterocycles. The normalized spacial score (nSPS) is 22.7. The Kier molecular flexibility index (Phi) is 1.99. The fourth-order valence-electron chi connectivity index (χ4n) is 2.04. The molecule has 2 aliphatic rings. The van der Waals surface area contributed by atoms with Crippen molar-refractivity contribution in [2.75, 3.05) is 0 Å². The van der Waals surface area contributed by atoms with Crippen molar-refractivity contribution in [3.05, 3.63) is 52.5 Å². The summed E-state index contributed by atoms with van der Waals surface area (Å²) in [6, 6.07) is 0. The van der Waals surface area contributed by atoms with Gasteiger partial charge in [0.15, 0.2) is 0 Å². The molecule has 0 aromatic rings. The van der Waals surface area contributed by atoms with Crippen LogP contribution in [-0.4, -0.2) is 0 Å². The largest absolute Gasteiger partial charge is 0.0721 e. The van der Waals surface area contributed by atoms with Crippen molar-refractivity contribution in [2.24, 2.45) is 0 Å². The highest BCUT2D eigenvalue weighted by atomic mass is 14.2. The molecule has 2 aliphatic carbocycles. The second-order valence-electron chi connectivity index (χ2n) is 4.01. The molecule has 0 nitrogen and oxygen atoms in total. The molecule has 2 rings (SSSR count). The Labute approximate surface area is 80.3 Å². The quantitative estimate of drug-likeness (QED) is 0.520. The van der Waals surface area contributed by atoms with Crippen LogP contribution in [0.25, 0.3) is 0 Å². The Hall–Kier alpha value is -1.04. The van der Waals surface area contributed by atoms with Crippen LogP contribution in [0.4, 0.5) is 0 Å². The second-order valence-corrected chi connectivity index (χ2v) is 4.01. The van der Waals surface area contributed by atoms with Gasteiger partial charge >= 0.3 is 0 Å². The Morgan fingerprint density at radius 2 is 1.77 bits per heavy atom. The van der Waals surface area contributed by atoms with Gasteiger partial charge in [-0.05, 0) is 38.3 Å². The zero-order valence-corrected chi connectivity index (χ0v) is 8.52. The molecule has 0 saturated carbocycles. The Morgan fingerprint density at radius 1 is 1.00 bits per heavy atom. The van der Waals surface area contributed by atoms with Crippen LogP contribution in [0.5, 0.6) is 0 Å². The average Bonchev–Trinajstić information content (AvgIpc) is 2.02. The van der Waals surface area contributed by atoms with Gasteiger partial charge in [-0.2, -0.15) is 0 Å². The first-order chi connectivity index (χ1) is 6.16. The van der Waals surface area contributed by atoms with Crippen LogP contribution in [-0.2, 0) is 0 Å². The van der Waals surface area contributed by atoms with Crippen LogP contribution in [0.15, 0.2) is 46.6 Å². The van der Waals surface area contributed by atoms with E-state index in [0.717, 1.165) is 6.42 Å². The van der Waals surface area contributed by atoms with Crippen LogP contribution in [0.1, 0.15) is 27.2 Å². The zero-order valence-electron chi connectivity index (χ0n) is 8.52. The van der Waals surface area contributed by atoms with Crippen molar-refractivity contribution >= 4 is 0 Å². The third-order valence-electron chi connectivity index (χ3n) is 2.62. The predicted octanol–water partition coefficient (Wildman–Crippen LogP) is 3.74. The molecule has 0 N–H and O–H groups in total. The van der Waals surface area contributed by atoms with E-state index in [1.54, 1.807) is 0 Å². The van der Waals surface area contributed by atoms with Gasteiger partial charge < -0.3 is 0 Å². The lowest BCUT2D eigenvalue weighted by molar-refractivity contribution is 0.979. The van der Waals surface area contributed by atoms with E-state index in [4.69, 9.17) is 0 Å². The minimum Gasteiger partial charge on any atom is -0.0721 e. The van der Waals surface area contributed by atoms with E-state index >= 15 is 0 Å².